The van der Waals surface area contributed by atoms with Crippen molar-refractivity contribution in [3.63, 3.8) is 0 Å². The van der Waals surface area contributed by atoms with Crippen LogP contribution in [0.2, 0.25) is 0 Å². The Hall–Kier alpha value is -3.84. The van der Waals surface area contributed by atoms with E-state index in [0.717, 1.165) is 21.8 Å². The van der Waals surface area contributed by atoms with Gasteiger partial charge < -0.3 is 19.7 Å². The van der Waals surface area contributed by atoms with Crippen LogP contribution in [0.25, 0.3) is 0 Å². The molecule has 166 valence electrons. The highest BCUT2D eigenvalue weighted by Gasteiger charge is 2.26. The molecule has 33 heavy (non-hydrogen) atoms. The number of nitrogens with zero attached hydrogens (tertiary/aromatic N) is 2. The van der Waals surface area contributed by atoms with Crippen molar-refractivity contribution in [3.05, 3.63) is 94.5 Å². The number of benzene rings is 2. The molecule has 0 fully saturated rings. The lowest BCUT2D eigenvalue weighted by molar-refractivity contribution is 0.0955. The van der Waals surface area contributed by atoms with E-state index in [1.54, 1.807) is 13.3 Å². The smallest absolute Gasteiger partial charge is 0.261 e. The fourth-order valence-corrected chi connectivity index (χ4v) is 4.80. The molecule has 1 N–H and O–H groups in total. The molecule has 0 aliphatic carbocycles. The number of methoxy groups -OCH3 is 1. The second kappa shape index (κ2) is 8.96. The fourth-order valence-electron chi connectivity index (χ4n) is 3.86. The summed E-state index contributed by atoms with van der Waals surface area (Å²) in [5.74, 6) is 1.73. The SMILES string of the molecule is COc1cccc2c1Oc1ncccc1N(c1ccc(C(=O)NCc3cccc(C)c3)s1)C2. The number of ether oxygens (including phenoxy) is 2. The third-order valence-electron chi connectivity index (χ3n) is 5.47. The van der Waals surface area contributed by atoms with E-state index in [9.17, 15) is 4.79 Å². The summed E-state index contributed by atoms with van der Waals surface area (Å²) >= 11 is 1.44. The summed E-state index contributed by atoms with van der Waals surface area (Å²) in [5, 5.41) is 3.95. The van der Waals surface area contributed by atoms with Crippen LogP contribution in [-0.4, -0.2) is 18.0 Å². The molecule has 1 aliphatic heterocycles. The van der Waals surface area contributed by atoms with Gasteiger partial charge in [0.05, 0.1) is 23.5 Å². The summed E-state index contributed by atoms with van der Waals surface area (Å²) in [7, 11) is 1.63. The molecule has 3 heterocycles. The standard InChI is InChI=1S/C26H23N3O3S/c1-17-6-3-7-18(14-17)15-28-25(30)22-11-12-23(33-22)29-16-19-8-4-10-21(31-2)24(19)32-26-20(29)9-5-13-27-26/h3-14H,15-16H2,1-2H3,(H,28,30). The van der Waals surface area contributed by atoms with E-state index in [2.05, 4.69) is 21.3 Å². The highest BCUT2D eigenvalue weighted by Crippen LogP contribution is 2.45. The molecule has 0 bridgehead atoms. The van der Waals surface area contributed by atoms with Crippen LogP contribution in [0.3, 0.4) is 0 Å². The minimum atomic E-state index is -0.0905. The Morgan fingerprint density at radius 3 is 2.88 bits per heavy atom. The maximum absolute atomic E-state index is 12.8. The predicted molar refractivity (Wildman–Crippen MR) is 130 cm³/mol. The van der Waals surface area contributed by atoms with E-state index in [0.29, 0.717) is 35.3 Å². The number of carbonyl (C=O) groups is 1. The number of carbonyl (C=O) groups excluding carboxylic acids is 1. The Morgan fingerprint density at radius 1 is 1.15 bits per heavy atom. The van der Waals surface area contributed by atoms with Crippen LogP contribution in [0.5, 0.6) is 17.4 Å². The molecule has 7 heteroatoms. The Bertz CT molecular complexity index is 1320. The molecule has 4 aromatic rings. The predicted octanol–water partition coefficient (Wildman–Crippen LogP) is 5.83. The van der Waals surface area contributed by atoms with E-state index in [1.165, 1.54) is 16.9 Å². The molecule has 2 aromatic heterocycles. The van der Waals surface area contributed by atoms with Crippen molar-refractivity contribution in [2.45, 2.75) is 20.0 Å². The average Bonchev–Trinajstić information content (AvgIpc) is 3.26. The van der Waals surface area contributed by atoms with Crippen LogP contribution >= 0.6 is 11.3 Å². The molecule has 0 saturated carbocycles. The molecule has 2 aromatic carbocycles. The topological polar surface area (TPSA) is 63.7 Å². The van der Waals surface area contributed by atoms with Crippen LogP contribution in [0, 0.1) is 6.92 Å². The van der Waals surface area contributed by atoms with Crippen molar-refractivity contribution >= 4 is 27.9 Å². The van der Waals surface area contributed by atoms with E-state index >= 15 is 0 Å². The van der Waals surface area contributed by atoms with Gasteiger partial charge in [-0.05, 0) is 42.8 Å². The van der Waals surface area contributed by atoms with Gasteiger partial charge in [0, 0.05) is 18.3 Å². The Balaban J connectivity index is 1.42. The normalized spacial score (nSPS) is 12.2. The lowest BCUT2D eigenvalue weighted by Gasteiger charge is -2.21. The van der Waals surface area contributed by atoms with Gasteiger partial charge in [0.1, 0.15) is 5.69 Å². The number of rotatable bonds is 5. The molecule has 0 atom stereocenters. The van der Waals surface area contributed by atoms with Crippen LogP contribution < -0.4 is 19.7 Å². The molecule has 6 nitrogen and oxygen atoms in total. The van der Waals surface area contributed by atoms with Crippen LogP contribution in [0.4, 0.5) is 10.7 Å². The Morgan fingerprint density at radius 2 is 2.03 bits per heavy atom. The zero-order valence-electron chi connectivity index (χ0n) is 18.4. The second-order valence-corrected chi connectivity index (χ2v) is 8.84. The largest absolute Gasteiger partial charge is 0.493 e. The molecule has 0 unspecified atom stereocenters. The van der Waals surface area contributed by atoms with Gasteiger partial charge in [-0.2, -0.15) is 0 Å². The Labute approximate surface area is 196 Å². The number of hydrogen-bond acceptors (Lipinski definition) is 6. The third-order valence-corrected chi connectivity index (χ3v) is 6.57. The van der Waals surface area contributed by atoms with Crippen LogP contribution in [0.15, 0.2) is 72.9 Å². The summed E-state index contributed by atoms with van der Waals surface area (Å²) in [6.07, 6.45) is 1.70. The lowest BCUT2D eigenvalue weighted by atomic mass is 10.1. The number of para-hydroxylation sites is 1. The van der Waals surface area contributed by atoms with Crippen molar-refractivity contribution in [3.8, 4) is 17.4 Å². The number of anilines is 2. The highest BCUT2D eigenvalue weighted by molar-refractivity contribution is 7.18. The summed E-state index contributed by atoms with van der Waals surface area (Å²) < 4.78 is 11.7. The zero-order chi connectivity index (χ0) is 22.8. The van der Waals surface area contributed by atoms with Gasteiger partial charge >= 0.3 is 0 Å². The first-order valence-electron chi connectivity index (χ1n) is 10.6. The quantitative estimate of drug-likeness (QED) is 0.408. The van der Waals surface area contributed by atoms with Gasteiger partial charge in [-0.3, -0.25) is 4.79 Å². The number of thiophene rings is 1. The first kappa shape index (κ1) is 21.0. The monoisotopic (exact) mass is 457 g/mol. The number of pyridine rings is 1. The number of aryl methyl sites for hydroxylation is 1. The molecule has 0 radical (unpaired) electrons. The van der Waals surface area contributed by atoms with Gasteiger partial charge in [-0.1, -0.05) is 42.0 Å². The van der Waals surface area contributed by atoms with Gasteiger partial charge in [0.25, 0.3) is 5.91 Å². The fraction of sp³-hybridized carbons (Fsp3) is 0.154. The number of aromatic nitrogens is 1. The summed E-state index contributed by atoms with van der Waals surface area (Å²) in [6.45, 7) is 3.10. The summed E-state index contributed by atoms with van der Waals surface area (Å²) in [5.41, 5.74) is 4.07. The minimum absolute atomic E-state index is 0.0905. The van der Waals surface area contributed by atoms with Gasteiger partial charge in [-0.25, -0.2) is 4.98 Å². The van der Waals surface area contributed by atoms with Crippen LogP contribution in [0.1, 0.15) is 26.4 Å². The van der Waals surface area contributed by atoms with Gasteiger partial charge in [0.15, 0.2) is 11.5 Å². The van der Waals surface area contributed by atoms with E-state index in [4.69, 9.17) is 9.47 Å². The third kappa shape index (κ3) is 4.27. The highest BCUT2D eigenvalue weighted by atomic mass is 32.1. The Kier molecular flexibility index (Phi) is 5.71. The van der Waals surface area contributed by atoms with E-state index < -0.39 is 0 Å². The first-order chi connectivity index (χ1) is 16.1. The molecule has 0 saturated heterocycles. The average molecular weight is 458 g/mol. The molecule has 1 aliphatic rings. The number of fused-ring (bicyclic) bond motifs is 2. The van der Waals surface area contributed by atoms with Crippen molar-refractivity contribution < 1.29 is 14.3 Å². The number of nitrogens with one attached hydrogen (secondary N) is 1. The molecular weight excluding hydrogens is 434 g/mol. The van der Waals surface area contributed by atoms with Gasteiger partial charge in [0.2, 0.25) is 5.88 Å². The molecule has 5 rings (SSSR count). The maximum Gasteiger partial charge on any atom is 0.261 e. The molecule has 0 spiro atoms. The first-order valence-corrected chi connectivity index (χ1v) is 11.4. The number of amides is 1. The molecule has 1 amide bonds. The van der Waals surface area contributed by atoms with E-state index in [1.807, 2.05) is 67.6 Å². The van der Waals surface area contributed by atoms with Crippen molar-refractivity contribution in [1.82, 2.24) is 10.3 Å². The lowest BCUT2D eigenvalue weighted by Crippen LogP contribution is -2.21. The maximum atomic E-state index is 12.8. The van der Waals surface area contributed by atoms with Gasteiger partial charge in [-0.15, -0.1) is 11.3 Å². The van der Waals surface area contributed by atoms with Crippen molar-refractivity contribution in [1.29, 1.82) is 0 Å². The number of hydrogen-bond donors (Lipinski definition) is 1. The van der Waals surface area contributed by atoms with E-state index in [-0.39, 0.29) is 5.91 Å². The zero-order valence-corrected chi connectivity index (χ0v) is 19.2. The van der Waals surface area contributed by atoms with Crippen molar-refractivity contribution in [2.75, 3.05) is 12.0 Å². The van der Waals surface area contributed by atoms with Crippen molar-refractivity contribution in [2.24, 2.45) is 0 Å². The van der Waals surface area contributed by atoms with Crippen LogP contribution in [-0.2, 0) is 13.1 Å². The summed E-state index contributed by atoms with van der Waals surface area (Å²) in [6, 6.07) is 21.6. The summed E-state index contributed by atoms with van der Waals surface area (Å²) in [4.78, 5) is 20.0. The minimum Gasteiger partial charge on any atom is -0.493 e. The second-order valence-electron chi connectivity index (χ2n) is 7.77. The molecular formula is C26H23N3O3S.